The normalized spacial score (nSPS) is 23.2. The third-order valence-corrected chi connectivity index (χ3v) is 14.3. The molecule has 77 heavy (non-hydrogen) atoms. The number of rotatable bonds is 46. The molecule has 0 radical (unpaired) electrons. The van der Waals surface area contributed by atoms with Gasteiger partial charge in [-0.3, -0.25) is 28.8 Å². The molecule has 2 aliphatic rings. The van der Waals surface area contributed by atoms with Gasteiger partial charge in [-0.05, 0) is 38.5 Å². The summed E-state index contributed by atoms with van der Waals surface area (Å²) in [4.78, 5) is 81.7. The number of ether oxygens (including phenoxy) is 9. The summed E-state index contributed by atoms with van der Waals surface area (Å²) in [5.74, 6) is -3.82. The Morgan fingerprint density at radius 3 is 0.987 bits per heavy atom. The first kappa shape index (κ1) is 69.7. The SMILES string of the molecule is CCCCCCCC(=O)OC[C@H]1O[C@@H](O[C@H]2[C@H](OC(=O)CCCCCCC)[C@@H](OC(=O)CCCCCCC)[C@H](O)O[C@@H]2COC(=O)CCCCCCC)[C@H](OC(=O)CCCCCCC)[C@@H](OC(=O)CCCCCCC)[C@@H]1O. The van der Waals surface area contributed by atoms with Crippen molar-refractivity contribution in [3.8, 4) is 0 Å². The van der Waals surface area contributed by atoms with Crippen LogP contribution in [0.15, 0.2) is 0 Å². The van der Waals surface area contributed by atoms with Gasteiger partial charge in [0.2, 0.25) is 0 Å². The summed E-state index contributed by atoms with van der Waals surface area (Å²) in [6.45, 7) is 11.5. The second-order valence-electron chi connectivity index (χ2n) is 21.4. The summed E-state index contributed by atoms with van der Waals surface area (Å²) in [7, 11) is 0. The molecule has 0 aromatic rings. The summed E-state index contributed by atoms with van der Waals surface area (Å²) in [6, 6.07) is 0. The highest BCUT2D eigenvalue weighted by Gasteiger charge is 2.56. The van der Waals surface area contributed by atoms with Crippen molar-refractivity contribution in [1.29, 1.82) is 0 Å². The van der Waals surface area contributed by atoms with Gasteiger partial charge in [0.25, 0.3) is 0 Å². The van der Waals surface area contributed by atoms with Crippen molar-refractivity contribution in [3.05, 3.63) is 0 Å². The smallest absolute Gasteiger partial charge is 0.306 e. The van der Waals surface area contributed by atoms with Crippen LogP contribution in [0.25, 0.3) is 0 Å². The van der Waals surface area contributed by atoms with E-state index in [4.69, 9.17) is 42.6 Å². The van der Waals surface area contributed by atoms with E-state index in [1.54, 1.807) is 0 Å². The fourth-order valence-electron chi connectivity index (χ4n) is 9.58. The van der Waals surface area contributed by atoms with Crippen LogP contribution in [0.3, 0.4) is 0 Å². The zero-order chi connectivity index (χ0) is 56.5. The van der Waals surface area contributed by atoms with Crippen LogP contribution in [0.5, 0.6) is 0 Å². The van der Waals surface area contributed by atoms with Gasteiger partial charge in [-0.25, -0.2) is 0 Å². The van der Waals surface area contributed by atoms with Crippen molar-refractivity contribution in [1.82, 2.24) is 0 Å². The molecule has 0 spiro atoms. The molecule has 0 aliphatic carbocycles. The Hall–Kier alpha value is -3.38. The summed E-state index contributed by atoms with van der Waals surface area (Å²) in [5, 5.41) is 23.9. The van der Waals surface area contributed by atoms with Gasteiger partial charge in [-0.1, -0.05) is 196 Å². The van der Waals surface area contributed by atoms with Crippen LogP contribution in [0.1, 0.15) is 273 Å². The molecule has 448 valence electrons. The van der Waals surface area contributed by atoms with Crippen LogP contribution < -0.4 is 0 Å². The van der Waals surface area contributed by atoms with Gasteiger partial charge >= 0.3 is 35.8 Å². The molecule has 2 aliphatic heterocycles. The van der Waals surface area contributed by atoms with Crippen LogP contribution in [0.2, 0.25) is 0 Å². The molecule has 2 fully saturated rings. The lowest BCUT2D eigenvalue weighted by molar-refractivity contribution is -0.357. The Balaban J connectivity index is 2.76. The number of unbranched alkanes of at least 4 members (excludes halogenated alkanes) is 24. The zero-order valence-electron chi connectivity index (χ0n) is 48.7. The van der Waals surface area contributed by atoms with Crippen LogP contribution in [0, 0.1) is 0 Å². The molecule has 17 nitrogen and oxygen atoms in total. The van der Waals surface area contributed by atoms with E-state index in [2.05, 4.69) is 41.5 Å². The fourth-order valence-corrected chi connectivity index (χ4v) is 9.58. The first-order valence-corrected chi connectivity index (χ1v) is 30.7. The Bertz CT molecular complexity index is 1580. The van der Waals surface area contributed by atoms with E-state index in [0.717, 1.165) is 154 Å². The van der Waals surface area contributed by atoms with Gasteiger partial charge in [-0.15, -0.1) is 0 Å². The molecule has 17 heteroatoms. The van der Waals surface area contributed by atoms with E-state index in [-0.39, 0.29) is 38.5 Å². The number of aliphatic hydroxyl groups excluding tert-OH is 2. The summed E-state index contributed by atoms with van der Waals surface area (Å²) < 4.78 is 55.2. The second-order valence-corrected chi connectivity index (χ2v) is 21.4. The molecule has 0 aromatic heterocycles. The molecule has 2 N–H and O–H groups in total. The van der Waals surface area contributed by atoms with Crippen LogP contribution in [0.4, 0.5) is 0 Å². The number of esters is 6. The summed E-state index contributed by atoms with van der Waals surface area (Å²) in [6.07, 6.45) is 9.34. The fraction of sp³-hybridized carbons (Fsp3) is 0.900. The molecular formula is C60H106O17. The van der Waals surface area contributed by atoms with Gasteiger partial charge < -0.3 is 52.8 Å². The highest BCUT2D eigenvalue weighted by molar-refractivity contribution is 5.72. The van der Waals surface area contributed by atoms with E-state index >= 15 is 0 Å². The van der Waals surface area contributed by atoms with Crippen LogP contribution in [-0.2, 0) is 71.4 Å². The van der Waals surface area contributed by atoms with Crippen molar-refractivity contribution >= 4 is 35.8 Å². The van der Waals surface area contributed by atoms with Gasteiger partial charge in [0.05, 0.1) is 0 Å². The highest BCUT2D eigenvalue weighted by Crippen LogP contribution is 2.35. The van der Waals surface area contributed by atoms with E-state index < -0.39 is 110 Å². The molecule has 2 rings (SSSR count). The van der Waals surface area contributed by atoms with Gasteiger partial charge in [0.15, 0.2) is 37.0 Å². The van der Waals surface area contributed by atoms with E-state index in [1.807, 2.05) is 0 Å². The molecule has 0 amide bonds. The highest BCUT2D eigenvalue weighted by atomic mass is 16.8. The van der Waals surface area contributed by atoms with Crippen molar-refractivity contribution in [2.45, 2.75) is 334 Å². The molecule has 0 saturated carbocycles. The number of carbonyl (C=O) groups excluding carboxylic acids is 6. The van der Waals surface area contributed by atoms with Crippen molar-refractivity contribution in [2.24, 2.45) is 0 Å². The third-order valence-electron chi connectivity index (χ3n) is 14.3. The monoisotopic (exact) mass is 1100 g/mol. The molecule has 2 saturated heterocycles. The van der Waals surface area contributed by atoms with E-state index in [9.17, 15) is 39.0 Å². The third kappa shape index (κ3) is 30.7. The minimum atomic E-state index is -1.89. The molecule has 2 heterocycles. The molecule has 10 atom stereocenters. The minimum absolute atomic E-state index is 0.000731. The Labute approximate surface area is 463 Å². The molecular weight excluding hydrogens is 993 g/mol. The number of aliphatic hydroxyl groups is 2. The van der Waals surface area contributed by atoms with Gasteiger partial charge in [0, 0.05) is 38.5 Å². The second kappa shape index (κ2) is 44.4. The predicted octanol–water partition coefficient (Wildman–Crippen LogP) is 12.1. The Kier molecular flexibility index (Phi) is 40.2. The first-order valence-electron chi connectivity index (χ1n) is 30.7. The average Bonchev–Trinajstić information content (AvgIpc) is 3.43. The van der Waals surface area contributed by atoms with Crippen molar-refractivity contribution in [3.63, 3.8) is 0 Å². The van der Waals surface area contributed by atoms with Gasteiger partial charge in [-0.2, -0.15) is 0 Å². The summed E-state index contributed by atoms with van der Waals surface area (Å²) in [5.41, 5.74) is 0. The molecule has 0 aromatic carbocycles. The lowest BCUT2D eigenvalue weighted by atomic mass is 9.96. The average molecular weight is 1100 g/mol. The lowest BCUT2D eigenvalue weighted by Crippen LogP contribution is -2.66. The number of carbonyl (C=O) groups is 6. The molecule has 0 bridgehead atoms. The van der Waals surface area contributed by atoms with Gasteiger partial charge in [0.1, 0.15) is 37.6 Å². The standard InChI is InChI=1S/C60H106O17/c1-7-13-19-25-31-37-47(61)69-43-45-53(67)55(73-49(63)39-33-27-21-15-9-3)58(76-52(66)42-36-30-24-18-12-6)60(72-45)77-54-46(44-70-48(62)38-32-26-20-14-8-2)71-59(68)57(75-51(65)41-35-29-23-17-11-5)56(54)74-50(64)40-34-28-22-16-10-4/h45-46,53-60,67-68H,7-44H2,1-6H3/t45-,46-,53-,54-,55+,56+,57-,58-,59-,60+/m1/s1. The van der Waals surface area contributed by atoms with E-state index in [1.165, 1.54) is 0 Å². The molecule has 0 unspecified atom stereocenters. The van der Waals surface area contributed by atoms with Crippen LogP contribution >= 0.6 is 0 Å². The van der Waals surface area contributed by atoms with Crippen molar-refractivity contribution < 1.29 is 81.6 Å². The number of hydrogen-bond acceptors (Lipinski definition) is 17. The Morgan fingerprint density at radius 2 is 0.623 bits per heavy atom. The Morgan fingerprint density at radius 1 is 0.325 bits per heavy atom. The minimum Gasteiger partial charge on any atom is -0.463 e. The number of hydrogen-bond donors (Lipinski definition) is 2. The summed E-state index contributed by atoms with van der Waals surface area (Å²) >= 11 is 0. The lowest BCUT2D eigenvalue weighted by Gasteiger charge is -2.48. The van der Waals surface area contributed by atoms with Crippen molar-refractivity contribution in [2.75, 3.05) is 13.2 Å². The largest absolute Gasteiger partial charge is 0.463 e. The maximum atomic E-state index is 14.0. The quantitative estimate of drug-likeness (QED) is 0.0328. The predicted molar refractivity (Wildman–Crippen MR) is 292 cm³/mol. The maximum Gasteiger partial charge on any atom is 0.306 e. The van der Waals surface area contributed by atoms with E-state index in [0.29, 0.717) is 38.5 Å². The van der Waals surface area contributed by atoms with Crippen LogP contribution in [-0.4, -0.2) is 121 Å². The first-order chi connectivity index (χ1) is 37.3. The zero-order valence-corrected chi connectivity index (χ0v) is 48.7. The topological polar surface area (TPSA) is 226 Å². The maximum absolute atomic E-state index is 14.0.